The number of nitrogens with one attached hydrogen (secondary N) is 1. The molecule has 0 saturated carbocycles. The lowest BCUT2D eigenvalue weighted by atomic mass is 10.3. The Labute approximate surface area is 129 Å². The molecule has 0 amide bonds. The lowest BCUT2D eigenvalue weighted by molar-refractivity contribution is 0.276. The van der Waals surface area contributed by atoms with Crippen molar-refractivity contribution in [3.8, 4) is 0 Å². The van der Waals surface area contributed by atoms with Gasteiger partial charge in [-0.1, -0.05) is 0 Å². The Hall–Kier alpha value is 0.1000. The van der Waals surface area contributed by atoms with E-state index in [0.29, 0.717) is 12.1 Å². The van der Waals surface area contributed by atoms with Gasteiger partial charge in [0, 0.05) is 28.2 Å². The fourth-order valence-electron chi connectivity index (χ4n) is 1.20. The molecule has 0 radical (unpaired) electrons. The number of benzene rings is 1. The third-order valence-electron chi connectivity index (χ3n) is 2.21. The summed E-state index contributed by atoms with van der Waals surface area (Å²) < 4.78 is 29.3. The number of rotatable bonds is 6. The van der Waals surface area contributed by atoms with Gasteiger partial charge in [0.15, 0.2) is 0 Å². The monoisotopic (exact) mass is 448 g/mol. The summed E-state index contributed by atoms with van der Waals surface area (Å²) in [5.74, 6) is 0. The van der Waals surface area contributed by atoms with E-state index in [0.717, 1.165) is 8.04 Å². The van der Waals surface area contributed by atoms with Crippen LogP contribution in [-0.2, 0) is 10.2 Å². The Balaban J connectivity index is 2.78. The minimum atomic E-state index is -3.57. The Morgan fingerprint density at radius 3 is 2.72 bits per heavy atom. The zero-order chi connectivity index (χ0) is 13.8. The van der Waals surface area contributed by atoms with Crippen LogP contribution in [0.5, 0.6) is 0 Å². The highest BCUT2D eigenvalue weighted by Crippen LogP contribution is 2.23. The van der Waals surface area contributed by atoms with Crippen molar-refractivity contribution in [1.29, 1.82) is 0 Å². The van der Waals surface area contributed by atoms with E-state index in [4.69, 9.17) is 5.11 Å². The van der Waals surface area contributed by atoms with Gasteiger partial charge in [-0.2, -0.15) is 12.7 Å². The molecule has 0 aliphatic carbocycles. The van der Waals surface area contributed by atoms with E-state index in [1.54, 1.807) is 12.1 Å². The molecule has 0 aliphatic heterocycles. The predicted octanol–water partition coefficient (Wildman–Crippen LogP) is 2.02. The van der Waals surface area contributed by atoms with Crippen molar-refractivity contribution in [3.63, 3.8) is 0 Å². The van der Waals surface area contributed by atoms with E-state index in [-0.39, 0.29) is 13.2 Å². The summed E-state index contributed by atoms with van der Waals surface area (Å²) in [7, 11) is -2.09. The third-order valence-corrected chi connectivity index (χ3v) is 6.04. The first-order chi connectivity index (χ1) is 8.36. The van der Waals surface area contributed by atoms with Gasteiger partial charge in [-0.3, -0.25) is 4.72 Å². The fourth-order valence-corrected chi connectivity index (χ4v) is 2.86. The summed E-state index contributed by atoms with van der Waals surface area (Å²) in [6, 6.07) is 5.22. The Kier molecular flexibility index (Phi) is 6.31. The van der Waals surface area contributed by atoms with Crippen molar-refractivity contribution in [2.45, 2.75) is 6.42 Å². The van der Waals surface area contributed by atoms with E-state index in [2.05, 4.69) is 43.2 Å². The molecule has 5 nitrogen and oxygen atoms in total. The highest BCUT2D eigenvalue weighted by atomic mass is 127. The molecule has 0 aromatic heterocycles. The van der Waals surface area contributed by atoms with E-state index in [1.165, 1.54) is 11.4 Å². The fraction of sp³-hybridized carbons (Fsp3) is 0.400. The highest BCUT2D eigenvalue weighted by molar-refractivity contribution is 14.1. The van der Waals surface area contributed by atoms with Gasteiger partial charge in [0.1, 0.15) is 0 Å². The summed E-state index contributed by atoms with van der Waals surface area (Å²) in [6.07, 6.45) is 0.411. The van der Waals surface area contributed by atoms with Crippen molar-refractivity contribution in [2.75, 3.05) is 24.9 Å². The van der Waals surface area contributed by atoms with Crippen LogP contribution in [0.15, 0.2) is 22.7 Å². The van der Waals surface area contributed by atoms with Crippen LogP contribution in [-0.4, -0.2) is 38.0 Å². The molecule has 1 rings (SSSR count). The van der Waals surface area contributed by atoms with Crippen molar-refractivity contribution in [1.82, 2.24) is 4.31 Å². The molecule has 0 atom stereocenters. The van der Waals surface area contributed by atoms with Gasteiger partial charge in [-0.25, -0.2) is 0 Å². The predicted molar refractivity (Wildman–Crippen MR) is 83.7 cm³/mol. The van der Waals surface area contributed by atoms with Gasteiger partial charge in [-0.05, 0) is 63.1 Å². The standard InChI is InChI=1S/C10H14BrIN2O3S/c1-14(5-2-6-15)18(16,17)13-8-3-4-10(12)9(11)7-8/h3-4,7,13,15H,2,5-6H2,1H3. The number of hydrogen-bond acceptors (Lipinski definition) is 3. The first-order valence-electron chi connectivity index (χ1n) is 5.17. The molecule has 1 aromatic carbocycles. The molecule has 0 saturated heterocycles. The summed E-state index contributed by atoms with van der Waals surface area (Å²) >= 11 is 5.49. The second kappa shape index (κ2) is 7.04. The lowest BCUT2D eigenvalue weighted by Gasteiger charge is -2.18. The van der Waals surface area contributed by atoms with Crippen LogP contribution >= 0.6 is 38.5 Å². The molecular weight excluding hydrogens is 435 g/mol. The van der Waals surface area contributed by atoms with Crippen LogP contribution in [0.4, 0.5) is 5.69 Å². The molecule has 18 heavy (non-hydrogen) atoms. The number of anilines is 1. The van der Waals surface area contributed by atoms with Crippen LogP contribution < -0.4 is 4.72 Å². The summed E-state index contributed by atoms with van der Waals surface area (Å²) in [4.78, 5) is 0. The second-order valence-corrected chi connectivity index (χ2v) is 7.43. The average molecular weight is 449 g/mol. The molecule has 102 valence electrons. The van der Waals surface area contributed by atoms with Crippen molar-refractivity contribution >= 4 is 54.4 Å². The topological polar surface area (TPSA) is 69.6 Å². The van der Waals surface area contributed by atoms with Crippen LogP contribution in [0.25, 0.3) is 0 Å². The minimum absolute atomic E-state index is 0.0328. The normalized spacial score (nSPS) is 11.8. The zero-order valence-electron chi connectivity index (χ0n) is 9.73. The number of aliphatic hydroxyl groups is 1. The van der Waals surface area contributed by atoms with Gasteiger partial charge < -0.3 is 5.11 Å². The first-order valence-corrected chi connectivity index (χ1v) is 8.48. The van der Waals surface area contributed by atoms with Gasteiger partial charge in [0.05, 0.1) is 5.69 Å². The summed E-state index contributed by atoms with van der Waals surface area (Å²) in [5.41, 5.74) is 0.498. The van der Waals surface area contributed by atoms with Gasteiger partial charge in [0.25, 0.3) is 0 Å². The van der Waals surface area contributed by atoms with Crippen molar-refractivity contribution in [3.05, 3.63) is 26.2 Å². The van der Waals surface area contributed by atoms with Crippen molar-refractivity contribution < 1.29 is 13.5 Å². The maximum atomic E-state index is 11.9. The van der Waals surface area contributed by atoms with Crippen LogP contribution in [0.1, 0.15) is 6.42 Å². The molecule has 2 N–H and O–H groups in total. The molecule has 1 aromatic rings. The van der Waals surface area contributed by atoms with Crippen LogP contribution in [0, 0.1) is 3.57 Å². The maximum Gasteiger partial charge on any atom is 0.301 e. The quantitative estimate of drug-likeness (QED) is 0.654. The number of hydrogen-bond donors (Lipinski definition) is 2. The van der Waals surface area contributed by atoms with Gasteiger partial charge in [-0.15, -0.1) is 0 Å². The van der Waals surface area contributed by atoms with E-state index < -0.39 is 10.2 Å². The molecule has 0 heterocycles. The number of nitrogens with zero attached hydrogens (tertiary/aromatic N) is 1. The molecule has 0 spiro atoms. The molecule has 0 bridgehead atoms. The molecule has 8 heteroatoms. The zero-order valence-corrected chi connectivity index (χ0v) is 14.3. The Morgan fingerprint density at radius 1 is 1.50 bits per heavy atom. The number of aliphatic hydroxyl groups excluding tert-OH is 1. The van der Waals surface area contributed by atoms with Crippen LogP contribution in [0.3, 0.4) is 0 Å². The largest absolute Gasteiger partial charge is 0.396 e. The highest BCUT2D eigenvalue weighted by Gasteiger charge is 2.17. The van der Waals surface area contributed by atoms with E-state index in [9.17, 15) is 8.42 Å². The molecular formula is C10H14BrIN2O3S. The minimum Gasteiger partial charge on any atom is -0.396 e. The average Bonchev–Trinajstić information content (AvgIpc) is 2.30. The second-order valence-electron chi connectivity index (χ2n) is 3.63. The van der Waals surface area contributed by atoms with E-state index >= 15 is 0 Å². The Bertz CT molecular complexity index is 510. The first kappa shape index (κ1) is 16.2. The smallest absolute Gasteiger partial charge is 0.301 e. The van der Waals surface area contributed by atoms with Gasteiger partial charge >= 0.3 is 10.2 Å². The third kappa shape index (κ3) is 4.65. The van der Waals surface area contributed by atoms with Crippen molar-refractivity contribution in [2.24, 2.45) is 0 Å². The van der Waals surface area contributed by atoms with E-state index in [1.807, 2.05) is 6.07 Å². The Morgan fingerprint density at radius 2 is 2.17 bits per heavy atom. The number of halogens is 2. The summed E-state index contributed by atoms with van der Waals surface area (Å²) in [6.45, 7) is 0.242. The molecule has 0 fully saturated rings. The lowest BCUT2D eigenvalue weighted by Crippen LogP contribution is -2.33. The molecule has 0 aliphatic rings. The maximum absolute atomic E-state index is 11.9. The van der Waals surface area contributed by atoms with Crippen LogP contribution in [0.2, 0.25) is 0 Å². The summed E-state index contributed by atoms with van der Waals surface area (Å²) in [5, 5.41) is 8.69. The molecule has 0 unspecified atom stereocenters. The van der Waals surface area contributed by atoms with Gasteiger partial charge in [0.2, 0.25) is 0 Å². The SMILES string of the molecule is CN(CCCO)S(=O)(=O)Nc1ccc(I)c(Br)c1.